The normalized spacial score (nSPS) is 20.1. The molecule has 1 atom stereocenters. The molecule has 0 spiro atoms. The molecule has 6 nitrogen and oxygen atoms in total. The Morgan fingerprint density at radius 2 is 2.56 bits per heavy atom. The molecular formula is C12H20N4O2. The molecule has 0 aliphatic carbocycles. The highest BCUT2D eigenvalue weighted by atomic mass is 16.5. The van der Waals surface area contributed by atoms with Crippen LogP contribution < -0.4 is 0 Å². The van der Waals surface area contributed by atoms with Gasteiger partial charge in [-0.15, -0.1) is 0 Å². The van der Waals surface area contributed by atoms with Gasteiger partial charge in [0.05, 0.1) is 13.0 Å². The van der Waals surface area contributed by atoms with Crippen molar-refractivity contribution in [3.05, 3.63) is 12.2 Å². The van der Waals surface area contributed by atoms with E-state index < -0.39 is 0 Å². The summed E-state index contributed by atoms with van der Waals surface area (Å²) in [5.74, 6) is 1.35. The van der Waals surface area contributed by atoms with Gasteiger partial charge < -0.3 is 9.64 Å². The number of carbonyl (C=O) groups excluding carboxylic acids is 1. The molecule has 1 fully saturated rings. The second kappa shape index (κ2) is 6.49. The van der Waals surface area contributed by atoms with Crippen molar-refractivity contribution in [2.45, 2.75) is 32.1 Å². The lowest BCUT2D eigenvalue weighted by Crippen LogP contribution is -2.39. The number of hydrogen-bond donors (Lipinski definition) is 1. The summed E-state index contributed by atoms with van der Waals surface area (Å²) in [6, 6.07) is 0. The molecule has 18 heavy (non-hydrogen) atoms. The zero-order chi connectivity index (χ0) is 12.8. The van der Waals surface area contributed by atoms with E-state index in [0.717, 1.165) is 31.8 Å². The molecule has 2 rings (SSSR count). The fraction of sp³-hybridized carbons (Fsp3) is 0.750. The number of carbonyl (C=O) groups is 1. The first-order valence-electron chi connectivity index (χ1n) is 6.52. The van der Waals surface area contributed by atoms with E-state index in [0.29, 0.717) is 19.6 Å². The monoisotopic (exact) mass is 252 g/mol. The minimum absolute atomic E-state index is 0.174. The summed E-state index contributed by atoms with van der Waals surface area (Å²) in [5, 5.41) is 6.76. The number of hydrogen-bond acceptors (Lipinski definition) is 4. The van der Waals surface area contributed by atoms with E-state index in [9.17, 15) is 4.79 Å². The van der Waals surface area contributed by atoms with Gasteiger partial charge in [-0.3, -0.25) is 9.89 Å². The van der Waals surface area contributed by atoms with Gasteiger partial charge in [0, 0.05) is 25.6 Å². The van der Waals surface area contributed by atoms with Gasteiger partial charge in [0.1, 0.15) is 12.2 Å². The molecule has 0 radical (unpaired) electrons. The summed E-state index contributed by atoms with van der Waals surface area (Å²) < 4.78 is 5.22. The highest BCUT2D eigenvalue weighted by Crippen LogP contribution is 2.24. The van der Waals surface area contributed by atoms with E-state index in [2.05, 4.69) is 15.2 Å². The summed E-state index contributed by atoms with van der Waals surface area (Å²) >= 11 is 0. The van der Waals surface area contributed by atoms with Gasteiger partial charge in [-0.1, -0.05) is 0 Å². The van der Waals surface area contributed by atoms with E-state index >= 15 is 0 Å². The molecule has 1 aromatic heterocycles. The summed E-state index contributed by atoms with van der Waals surface area (Å²) in [7, 11) is 0. The van der Waals surface area contributed by atoms with Crippen LogP contribution in [-0.4, -0.2) is 52.3 Å². The van der Waals surface area contributed by atoms with Crippen molar-refractivity contribution in [1.29, 1.82) is 0 Å². The molecule has 0 saturated carbocycles. The third-order valence-electron chi connectivity index (χ3n) is 3.26. The molecule has 0 aromatic carbocycles. The zero-order valence-electron chi connectivity index (χ0n) is 10.8. The fourth-order valence-corrected chi connectivity index (χ4v) is 2.30. The third-order valence-corrected chi connectivity index (χ3v) is 3.26. The van der Waals surface area contributed by atoms with Gasteiger partial charge in [0.2, 0.25) is 5.91 Å². The van der Waals surface area contributed by atoms with Crippen molar-refractivity contribution in [2.24, 2.45) is 0 Å². The van der Waals surface area contributed by atoms with Crippen LogP contribution in [0.3, 0.4) is 0 Å². The topological polar surface area (TPSA) is 71.1 Å². The van der Waals surface area contributed by atoms with E-state index in [-0.39, 0.29) is 11.8 Å². The van der Waals surface area contributed by atoms with Gasteiger partial charge in [-0.25, -0.2) is 4.98 Å². The van der Waals surface area contributed by atoms with E-state index in [1.807, 2.05) is 11.8 Å². The average Bonchev–Trinajstić information content (AvgIpc) is 2.93. The molecule has 1 saturated heterocycles. The number of nitrogens with one attached hydrogen (secondary N) is 1. The number of rotatable bonds is 5. The molecule has 1 N–H and O–H groups in total. The van der Waals surface area contributed by atoms with Crippen molar-refractivity contribution in [3.8, 4) is 0 Å². The van der Waals surface area contributed by atoms with Crippen LogP contribution in [-0.2, 0) is 9.53 Å². The van der Waals surface area contributed by atoms with Crippen LogP contribution in [0.2, 0.25) is 0 Å². The first kappa shape index (κ1) is 13.0. The van der Waals surface area contributed by atoms with Gasteiger partial charge >= 0.3 is 0 Å². The average molecular weight is 252 g/mol. The number of likely N-dealkylation sites (tertiary alicyclic amines) is 1. The van der Waals surface area contributed by atoms with Crippen molar-refractivity contribution in [2.75, 3.05) is 26.3 Å². The number of aromatic amines is 1. The van der Waals surface area contributed by atoms with Crippen LogP contribution in [0, 0.1) is 0 Å². The SMILES string of the molecule is CCOCCC(=O)N1CCCC(c2ncn[nH]2)C1. The summed E-state index contributed by atoms with van der Waals surface area (Å²) in [4.78, 5) is 18.1. The van der Waals surface area contributed by atoms with Crippen LogP contribution in [0.15, 0.2) is 6.33 Å². The van der Waals surface area contributed by atoms with Gasteiger partial charge in [-0.05, 0) is 19.8 Å². The molecule has 0 bridgehead atoms. The highest BCUT2D eigenvalue weighted by molar-refractivity contribution is 5.76. The molecule has 1 aliphatic rings. The lowest BCUT2D eigenvalue weighted by Gasteiger charge is -2.31. The predicted molar refractivity (Wildman–Crippen MR) is 66.0 cm³/mol. The second-order valence-electron chi connectivity index (χ2n) is 4.50. The Hall–Kier alpha value is -1.43. The zero-order valence-corrected chi connectivity index (χ0v) is 10.8. The number of piperidine rings is 1. The Morgan fingerprint density at radius 1 is 1.67 bits per heavy atom. The molecule has 1 unspecified atom stereocenters. The van der Waals surface area contributed by atoms with Crippen LogP contribution >= 0.6 is 0 Å². The first-order chi connectivity index (χ1) is 8.81. The molecular weight excluding hydrogens is 232 g/mol. The summed E-state index contributed by atoms with van der Waals surface area (Å²) in [5.41, 5.74) is 0. The molecule has 2 heterocycles. The third kappa shape index (κ3) is 3.29. The van der Waals surface area contributed by atoms with Crippen molar-refractivity contribution >= 4 is 5.91 Å². The lowest BCUT2D eigenvalue weighted by atomic mass is 9.97. The minimum atomic E-state index is 0.174. The predicted octanol–water partition coefficient (Wildman–Crippen LogP) is 0.937. The first-order valence-corrected chi connectivity index (χ1v) is 6.52. The van der Waals surface area contributed by atoms with Crippen LogP contribution in [0.5, 0.6) is 0 Å². The maximum Gasteiger partial charge on any atom is 0.224 e. The molecule has 1 aromatic rings. The maximum atomic E-state index is 12.0. The number of nitrogens with zero attached hydrogens (tertiary/aromatic N) is 3. The van der Waals surface area contributed by atoms with Gasteiger partial charge in [0.15, 0.2) is 0 Å². The Kier molecular flexibility index (Phi) is 4.69. The van der Waals surface area contributed by atoms with Crippen molar-refractivity contribution < 1.29 is 9.53 Å². The number of H-pyrrole nitrogens is 1. The van der Waals surface area contributed by atoms with Crippen molar-refractivity contribution in [3.63, 3.8) is 0 Å². The molecule has 100 valence electrons. The smallest absolute Gasteiger partial charge is 0.224 e. The standard InChI is InChI=1S/C12H20N4O2/c1-2-18-7-5-11(17)16-6-3-4-10(8-16)12-13-9-14-15-12/h9-10H,2-8H2,1H3,(H,13,14,15). The van der Waals surface area contributed by atoms with Crippen LogP contribution in [0.1, 0.15) is 37.9 Å². The van der Waals surface area contributed by atoms with Crippen LogP contribution in [0.25, 0.3) is 0 Å². The highest BCUT2D eigenvalue weighted by Gasteiger charge is 2.25. The van der Waals surface area contributed by atoms with Crippen LogP contribution in [0.4, 0.5) is 0 Å². The van der Waals surface area contributed by atoms with E-state index in [4.69, 9.17) is 4.74 Å². The Bertz CT molecular complexity index is 366. The largest absolute Gasteiger partial charge is 0.381 e. The number of ether oxygens (including phenoxy) is 1. The summed E-state index contributed by atoms with van der Waals surface area (Å²) in [6.07, 6.45) is 4.07. The molecule has 1 amide bonds. The van der Waals surface area contributed by atoms with E-state index in [1.54, 1.807) is 0 Å². The Balaban J connectivity index is 1.84. The number of aromatic nitrogens is 3. The number of amides is 1. The molecule has 1 aliphatic heterocycles. The van der Waals surface area contributed by atoms with E-state index in [1.165, 1.54) is 6.33 Å². The Morgan fingerprint density at radius 3 is 3.28 bits per heavy atom. The van der Waals surface area contributed by atoms with Gasteiger partial charge in [0.25, 0.3) is 0 Å². The maximum absolute atomic E-state index is 12.0. The molecule has 6 heteroatoms. The minimum Gasteiger partial charge on any atom is -0.381 e. The lowest BCUT2D eigenvalue weighted by molar-refractivity contribution is -0.133. The van der Waals surface area contributed by atoms with Gasteiger partial charge in [-0.2, -0.15) is 5.10 Å². The summed E-state index contributed by atoms with van der Waals surface area (Å²) in [6.45, 7) is 4.69. The van der Waals surface area contributed by atoms with Crippen molar-refractivity contribution in [1.82, 2.24) is 20.1 Å². The fourth-order valence-electron chi connectivity index (χ4n) is 2.30. The second-order valence-corrected chi connectivity index (χ2v) is 4.50. The Labute approximate surface area is 107 Å². The quantitative estimate of drug-likeness (QED) is 0.792.